The lowest BCUT2D eigenvalue weighted by molar-refractivity contribution is -0.0444. The third-order valence-electron chi connectivity index (χ3n) is 8.47. The van der Waals surface area contributed by atoms with E-state index < -0.39 is 0 Å². The minimum absolute atomic E-state index is 0.102. The zero-order chi connectivity index (χ0) is 21.0. The van der Waals surface area contributed by atoms with Crippen LogP contribution in [0, 0.1) is 30.1 Å². The van der Waals surface area contributed by atoms with Gasteiger partial charge in [0.05, 0.1) is 12.2 Å². The van der Waals surface area contributed by atoms with E-state index in [1.54, 1.807) is 6.33 Å². The van der Waals surface area contributed by atoms with E-state index in [0.29, 0.717) is 12.0 Å². The lowest BCUT2D eigenvalue weighted by atomic mass is 9.49. The molecule has 4 bridgehead atoms. The van der Waals surface area contributed by atoms with Crippen LogP contribution in [0.4, 0.5) is 5.82 Å². The first-order valence-corrected chi connectivity index (χ1v) is 12.0. The van der Waals surface area contributed by atoms with Gasteiger partial charge in [0, 0.05) is 24.2 Å². The van der Waals surface area contributed by atoms with Crippen LogP contribution < -0.4 is 5.32 Å². The standard InChI is InChI=1S/C26H32N4O/c1-17-4-2-3-5-21(17)25(31)30-7-6-22-23(14-30)28-16-29-24(22)27-15-26-11-18-8-19(12-26)10-20(9-18)13-26/h2-5,16,18-20H,6-15H2,1H3,(H,27,28,29). The van der Waals surface area contributed by atoms with Gasteiger partial charge in [0.2, 0.25) is 0 Å². The molecule has 0 atom stereocenters. The van der Waals surface area contributed by atoms with Crippen molar-refractivity contribution in [3.63, 3.8) is 0 Å². The van der Waals surface area contributed by atoms with Gasteiger partial charge in [0.15, 0.2) is 0 Å². The van der Waals surface area contributed by atoms with Crippen molar-refractivity contribution in [2.75, 3.05) is 18.4 Å². The molecule has 1 aliphatic heterocycles. The monoisotopic (exact) mass is 416 g/mol. The van der Waals surface area contributed by atoms with Crippen molar-refractivity contribution in [3.8, 4) is 0 Å². The first kappa shape index (κ1) is 19.3. The van der Waals surface area contributed by atoms with Crippen LogP contribution in [0.25, 0.3) is 0 Å². The lowest BCUT2D eigenvalue weighted by Gasteiger charge is -2.57. The van der Waals surface area contributed by atoms with E-state index in [1.165, 1.54) is 44.1 Å². The first-order chi connectivity index (χ1) is 15.1. The number of hydrogen-bond acceptors (Lipinski definition) is 4. The van der Waals surface area contributed by atoms with Crippen molar-refractivity contribution < 1.29 is 4.79 Å². The largest absolute Gasteiger partial charge is 0.369 e. The number of carbonyl (C=O) groups is 1. The summed E-state index contributed by atoms with van der Waals surface area (Å²) in [4.78, 5) is 24.2. The van der Waals surface area contributed by atoms with Gasteiger partial charge in [-0.25, -0.2) is 9.97 Å². The zero-order valence-electron chi connectivity index (χ0n) is 18.4. The predicted octanol–water partition coefficient (Wildman–Crippen LogP) is 4.61. The van der Waals surface area contributed by atoms with Gasteiger partial charge >= 0.3 is 0 Å². The topological polar surface area (TPSA) is 58.1 Å². The highest BCUT2D eigenvalue weighted by molar-refractivity contribution is 5.95. The molecule has 162 valence electrons. The Morgan fingerprint density at radius 3 is 2.52 bits per heavy atom. The number of hydrogen-bond donors (Lipinski definition) is 1. The first-order valence-electron chi connectivity index (χ1n) is 12.0. The maximum atomic E-state index is 13.1. The Hall–Kier alpha value is -2.43. The van der Waals surface area contributed by atoms with Gasteiger partial charge < -0.3 is 10.2 Å². The molecular weight excluding hydrogens is 384 g/mol. The molecule has 31 heavy (non-hydrogen) atoms. The van der Waals surface area contributed by atoms with E-state index in [4.69, 9.17) is 0 Å². The highest BCUT2D eigenvalue weighted by Crippen LogP contribution is 2.59. The van der Waals surface area contributed by atoms with E-state index in [2.05, 4.69) is 15.3 Å². The second-order valence-electron chi connectivity index (χ2n) is 10.7. The molecule has 0 saturated heterocycles. The molecule has 0 radical (unpaired) electrons. The molecule has 0 spiro atoms. The second kappa shape index (κ2) is 7.32. The molecule has 5 heteroatoms. The minimum atomic E-state index is 0.102. The summed E-state index contributed by atoms with van der Waals surface area (Å²) >= 11 is 0. The number of aromatic nitrogens is 2. The molecule has 4 saturated carbocycles. The van der Waals surface area contributed by atoms with Crippen molar-refractivity contribution in [1.82, 2.24) is 14.9 Å². The highest BCUT2D eigenvalue weighted by atomic mass is 16.2. The number of amides is 1. The van der Waals surface area contributed by atoms with E-state index >= 15 is 0 Å². The SMILES string of the molecule is Cc1ccccc1C(=O)N1CCc2c(ncnc2NCC23CC4CC(CC(C4)C2)C3)C1. The summed E-state index contributed by atoms with van der Waals surface area (Å²) < 4.78 is 0. The molecule has 1 amide bonds. The Morgan fingerprint density at radius 1 is 1.10 bits per heavy atom. The third kappa shape index (κ3) is 3.42. The second-order valence-corrected chi connectivity index (χ2v) is 10.7. The fourth-order valence-electron chi connectivity index (χ4n) is 7.44. The summed E-state index contributed by atoms with van der Waals surface area (Å²) in [7, 11) is 0. The number of anilines is 1. The van der Waals surface area contributed by atoms with Crippen molar-refractivity contribution in [2.24, 2.45) is 23.2 Å². The third-order valence-corrected chi connectivity index (χ3v) is 8.47. The van der Waals surface area contributed by atoms with Crippen LogP contribution in [0.5, 0.6) is 0 Å². The van der Waals surface area contributed by atoms with Gasteiger partial charge in [-0.2, -0.15) is 0 Å². The molecule has 1 aromatic carbocycles. The van der Waals surface area contributed by atoms with Crippen LogP contribution in [0.15, 0.2) is 30.6 Å². The maximum Gasteiger partial charge on any atom is 0.254 e. The van der Waals surface area contributed by atoms with Gasteiger partial charge in [0.1, 0.15) is 12.1 Å². The van der Waals surface area contributed by atoms with E-state index in [9.17, 15) is 4.79 Å². The summed E-state index contributed by atoms with van der Waals surface area (Å²) in [6, 6.07) is 7.84. The molecule has 4 fully saturated rings. The number of fused-ring (bicyclic) bond motifs is 1. The molecular formula is C26H32N4O. The van der Waals surface area contributed by atoms with Crippen molar-refractivity contribution in [3.05, 3.63) is 53.0 Å². The van der Waals surface area contributed by atoms with Gasteiger partial charge in [-0.3, -0.25) is 4.79 Å². The molecule has 2 aromatic rings. The summed E-state index contributed by atoms with van der Waals surface area (Å²) in [5.74, 6) is 4.00. The van der Waals surface area contributed by atoms with Crippen LogP contribution in [0.3, 0.4) is 0 Å². The number of nitrogens with zero attached hydrogens (tertiary/aromatic N) is 3. The molecule has 5 nitrogen and oxygen atoms in total. The summed E-state index contributed by atoms with van der Waals surface area (Å²) in [5.41, 5.74) is 4.50. The number of rotatable bonds is 4. The van der Waals surface area contributed by atoms with Crippen LogP contribution in [-0.4, -0.2) is 33.9 Å². The summed E-state index contributed by atoms with van der Waals surface area (Å²) in [5, 5.41) is 3.76. The van der Waals surface area contributed by atoms with Crippen LogP contribution in [0.1, 0.15) is 65.7 Å². The Morgan fingerprint density at radius 2 is 1.81 bits per heavy atom. The Labute approximate surface area is 184 Å². The fraction of sp³-hybridized carbons (Fsp3) is 0.577. The average Bonchev–Trinajstić information content (AvgIpc) is 2.76. The molecule has 1 aromatic heterocycles. The van der Waals surface area contributed by atoms with Crippen LogP contribution in [-0.2, 0) is 13.0 Å². The van der Waals surface area contributed by atoms with Crippen molar-refractivity contribution >= 4 is 11.7 Å². The van der Waals surface area contributed by atoms with Gasteiger partial charge in [0.25, 0.3) is 5.91 Å². The quantitative estimate of drug-likeness (QED) is 0.791. The Balaban J connectivity index is 1.17. The number of benzene rings is 1. The maximum absolute atomic E-state index is 13.1. The number of carbonyl (C=O) groups excluding carboxylic acids is 1. The molecule has 7 rings (SSSR count). The van der Waals surface area contributed by atoms with E-state index in [0.717, 1.165) is 59.9 Å². The Kier molecular flexibility index (Phi) is 4.55. The molecule has 2 heterocycles. The van der Waals surface area contributed by atoms with Crippen molar-refractivity contribution in [2.45, 2.75) is 58.4 Å². The van der Waals surface area contributed by atoms with Crippen LogP contribution in [0.2, 0.25) is 0 Å². The molecule has 4 aliphatic carbocycles. The zero-order valence-corrected chi connectivity index (χ0v) is 18.4. The number of aryl methyl sites for hydroxylation is 1. The summed E-state index contributed by atoms with van der Waals surface area (Å²) in [6.07, 6.45) is 11.1. The van der Waals surface area contributed by atoms with E-state index in [-0.39, 0.29) is 5.91 Å². The van der Waals surface area contributed by atoms with Gasteiger partial charge in [-0.15, -0.1) is 0 Å². The predicted molar refractivity (Wildman–Crippen MR) is 121 cm³/mol. The molecule has 1 N–H and O–H groups in total. The fourth-order valence-corrected chi connectivity index (χ4v) is 7.44. The van der Waals surface area contributed by atoms with Crippen molar-refractivity contribution in [1.29, 1.82) is 0 Å². The highest BCUT2D eigenvalue weighted by Gasteiger charge is 2.50. The summed E-state index contributed by atoms with van der Waals surface area (Å²) in [6.45, 7) is 4.34. The molecule has 5 aliphatic rings. The number of nitrogens with one attached hydrogen (secondary N) is 1. The van der Waals surface area contributed by atoms with Crippen LogP contribution >= 0.6 is 0 Å². The van der Waals surface area contributed by atoms with Gasteiger partial charge in [-0.1, -0.05) is 18.2 Å². The van der Waals surface area contributed by atoms with E-state index in [1.807, 2.05) is 36.1 Å². The lowest BCUT2D eigenvalue weighted by Crippen LogP contribution is -2.49. The minimum Gasteiger partial charge on any atom is -0.369 e. The molecule has 0 unspecified atom stereocenters. The Bertz CT molecular complexity index is 981. The normalized spacial score (nSPS) is 30.9. The average molecular weight is 417 g/mol. The smallest absolute Gasteiger partial charge is 0.254 e. The van der Waals surface area contributed by atoms with Gasteiger partial charge in [-0.05, 0) is 86.7 Å².